The number of methoxy groups -OCH3 is 2. The van der Waals surface area contributed by atoms with Gasteiger partial charge in [-0.25, -0.2) is 4.79 Å². The summed E-state index contributed by atoms with van der Waals surface area (Å²) in [6.45, 7) is 1.44. The average Bonchev–Trinajstić information content (AvgIpc) is 3.57. The number of nitrogens with one attached hydrogen (secondary N) is 2. The number of furan rings is 1. The van der Waals surface area contributed by atoms with Gasteiger partial charge in [0.2, 0.25) is 5.91 Å². The van der Waals surface area contributed by atoms with Crippen molar-refractivity contribution in [3.8, 4) is 17.1 Å². The molecule has 1 aliphatic heterocycles. The number of thiocarbonyl (C=S) groups is 1. The zero-order valence-corrected chi connectivity index (χ0v) is 22.3. The summed E-state index contributed by atoms with van der Waals surface area (Å²) in [6.07, 6.45) is 1.72. The molecule has 1 amide bonds. The average molecular weight is 543 g/mol. The van der Waals surface area contributed by atoms with Gasteiger partial charge in [-0.15, -0.1) is 0 Å². The fourth-order valence-corrected chi connectivity index (χ4v) is 5.04. The van der Waals surface area contributed by atoms with Crippen molar-refractivity contribution in [1.82, 2.24) is 10.3 Å². The highest BCUT2D eigenvalue weighted by Crippen LogP contribution is 2.44. The van der Waals surface area contributed by atoms with Crippen LogP contribution in [-0.2, 0) is 9.53 Å². The smallest absolute Gasteiger partial charge is 0.338 e. The van der Waals surface area contributed by atoms with Gasteiger partial charge in [-0.3, -0.25) is 9.78 Å². The van der Waals surface area contributed by atoms with Gasteiger partial charge in [0.05, 0.1) is 37.2 Å². The van der Waals surface area contributed by atoms with Gasteiger partial charge in [0.15, 0.2) is 5.11 Å². The molecule has 1 saturated heterocycles. The number of carbonyl (C=O) groups excluding carboxylic acids is 2. The van der Waals surface area contributed by atoms with E-state index in [0.29, 0.717) is 44.9 Å². The number of pyridine rings is 1. The van der Waals surface area contributed by atoms with Crippen molar-refractivity contribution in [1.29, 1.82) is 0 Å². The highest BCUT2D eigenvalue weighted by atomic mass is 32.1. The van der Waals surface area contributed by atoms with Crippen molar-refractivity contribution in [2.45, 2.75) is 19.0 Å². The molecular weight excluding hydrogens is 516 g/mol. The Balaban J connectivity index is 1.62. The molecule has 0 spiro atoms. The Labute approximate surface area is 230 Å². The minimum Gasteiger partial charge on any atom is -0.495 e. The Morgan fingerprint density at radius 3 is 2.56 bits per heavy atom. The Bertz CT molecular complexity index is 1540. The van der Waals surface area contributed by atoms with Gasteiger partial charge in [0.25, 0.3) is 0 Å². The molecule has 2 N–H and O–H groups in total. The van der Waals surface area contributed by atoms with Crippen LogP contribution in [0.3, 0.4) is 0 Å². The number of anilines is 2. The molecule has 2 atom stereocenters. The van der Waals surface area contributed by atoms with Crippen LogP contribution in [0.1, 0.15) is 40.8 Å². The molecule has 2 unspecified atom stereocenters. The van der Waals surface area contributed by atoms with Crippen LogP contribution in [0, 0.1) is 0 Å². The van der Waals surface area contributed by atoms with Crippen LogP contribution in [-0.4, -0.2) is 36.2 Å². The van der Waals surface area contributed by atoms with E-state index in [1.165, 1.54) is 14.0 Å². The lowest BCUT2D eigenvalue weighted by Crippen LogP contribution is -2.29. The molecule has 2 aromatic carbocycles. The van der Waals surface area contributed by atoms with E-state index in [-0.39, 0.29) is 11.9 Å². The van der Waals surface area contributed by atoms with Gasteiger partial charge in [-0.05, 0) is 60.7 Å². The molecule has 39 heavy (non-hydrogen) atoms. The molecule has 1 aliphatic rings. The first-order valence-corrected chi connectivity index (χ1v) is 12.6. The summed E-state index contributed by atoms with van der Waals surface area (Å²) in [6, 6.07) is 21.1. The number of rotatable bonds is 7. The Kier molecular flexibility index (Phi) is 7.29. The molecule has 5 rings (SSSR count). The van der Waals surface area contributed by atoms with E-state index in [1.807, 2.05) is 53.4 Å². The lowest BCUT2D eigenvalue weighted by molar-refractivity contribution is -0.114. The molecule has 9 nitrogen and oxygen atoms in total. The maximum Gasteiger partial charge on any atom is 0.338 e. The summed E-state index contributed by atoms with van der Waals surface area (Å²) in [4.78, 5) is 30.8. The fraction of sp³-hybridized carbons (Fsp3) is 0.172. The monoisotopic (exact) mass is 542 g/mol. The molecule has 3 heterocycles. The summed E-state index contributed by atoms with van der Waals surface area (Å²) in [7, 11) is 2.88. The second-order valence-electron chi connectivity index (χ2n) is 8.80. The lowest BCUT2D eigenvalue weighted by atomic mass is 10.0. The first-order valence-electron chi connectivity index (χ1n) is 12.1. The number of hydrogen-bond acceptors (Lipinski definition) is 7. The van der Waals surface area contributed by atoms with E-state index >= 15 is 0 Å². The van der Waals surface area contributed by atoms with Crippen LogP contribution in [0.15, 0.2) is 83.4 Å². The minimum absolute atomic E-state index is 0.226. The number of amides is 1. The number of benzene rings is 2. The van der Waals surface area contributed by atoms with E-state index in [2.05, 4.69) is 15.6 Å². The van der Waals surface area contributed by atoms with Crippen LogP contribution in [0.4, 0.5) is 11.4 Å². The van der Waals surface area contributed by atoms with Crippen LogP contribution in [0.25, 0.3) is 11.3 Å². The highest BCUT2D eigenvalue weighted by molar-refractivity contribution is 7.80. The highest BCUT2D eigenvalue weighted by Gasteiger charge is 2.43. The van der Waals surface area contributed by atoms with Crippen molar-refractivity contribution in [2.75, 3.05) is 24.4 Å². The molecule has 0 saturated carbocycles. The van der Waals surface area contributed by atoms with Gasteiger partial charge in [0.1, 0.15) is 23.3 Å². The Morgan fingerprint density at radius 2 is 1.85 bits per heavy atom. The lowest BCUT2D eigenvalue weighted by Gasteiger charge is -2.27. The number of ether oxygens (including phenoxy) is 2. The second kappa shape index (κ2) is 11.0. The van der Waals surface area contributed by atoms with Gasteiger partial charge < -0.3 is 29.4 Å². The predicted octanol–water partition coefficient (Wildman–Crippen LogP) is 5.27. The van der Waals surface area contributed by atoms with Gasteiger partial charge >= 0.3 is 5.97 Å². The van der Waals surface area contributed by atoms with E-state index in [1.54, 1.807) is 37.6 Å². The summed E-state index contributed by atoms with van der Waals surface area (Å²) < 4.78 is 16.8. The minimum atomic E-state index is -0.455. The molecule has 0 aliphatic carbocycles. The summed E-state index contributed by atoms with van der Waals surface area (Å²) >= 11 is 5.81. The van der Waals surface area contributed by atoms with Gasteiger partial charge in [-0.1, -0.05) is 24.3 Å². The Morgan fingerprint density at radius 1 is 1.05 bits per heavy atom. The molecular formula is C29H26N4O5S. The number of hydrogen-bond donors (Lipinski definition) is 2. The SMILES string of the molecule is COC(=O)c1ccccc1-c1ccc(C2C(c3ccccn3)NC(=S)N2c2ccc(OC)c(NC(C)=O)c2)o1. The van der Waals surface area contributed by atoms with Crippen LogP contribution < -0.4 is 20.3 Å². The normalized spacial score (nSPS) is 16.5. The third-order valence-electron chi connectivity index (χ3n) is 6.39. The molecule has 198 valence electrons. The second-order valence-corrected chi connectivity index (χ2v) is 9.19. The number of carbonyl (C=O) groups is 2. The molecule has 4 aromatic rings. The van der Waals surface area contributed by atoms with Crippen LogP contribution >= 0.6 is 12.2 Å². The van der Waals surface area contributed by atoms with Gasteiger partial charge in [0, 0.05) is 24.4 Å². The summed E-state index contributed by atoms with van der Waals surface area (Å²) in [5.41, 5.74) is 3.01. The van der Waals surface area contributed by atoms with E-state index in [9.17, 15) is 9.59 Å². The maximum atomic E-state index is 12.4. The quantitative estimate of drug-likeness (QED) is 0.239. The Hall–Kier alpha value is -4.70. The molecule has 1 fully saturated rings. The third-order valence-corrected chi connectivity index (χ3v) is 6.70. The van der Waals surface area contributed by atoms with Crippen molar-refractivity contribution >= 4 is 40.6 Å². The first-order chi connectivity index (χ1) is 18.9. The fourth-order valence-electron chi connectivity index (χ4n) is 4.70. The van der Waals surface area contributed by atoms with Crippen LogP contribution in [0.2, 0.25) is 0 Å². The summed E-state index contributed by atoms with van der Waals surface area (Å²) in [5.74, 6) is 0.950. The standard InChI is InChI=1S/C29H26N4O5S/c1-17(34)31-22-16-18(11-12-24(22)36-2)33-27(26(32-29(33)39)21-10-6-7-15-30-21)25-14-13-23(38-25)19-8-4-5-9-20(19)28(35)37-3/h4-16,26-27H,1-3H3,(H,31,34)(H,32,39). The van der Waals surface area contributed by atoms with Gasteiger partial charge in [-0.2, -0.15) is 0 Å². The molecule has 0 bridgehead atoms. The van der Waals surface area contributed by atoms with Crippen LogP contribution in [0.5, 0.6) is 5.75 Å². The number of aromatic nitrogens is 1. The predicted molar refractivity (Wildman–Crippen MR) is 151 cm³/mol. The zero-order valence-electron chi connectivity index (χ0n) is 21.5. The van der Waals surface area contributed by atoms with E-state index < -0.39 is 12.0 Å². The first kappa shape index (κ1) is 25.9. The van der Waals surface area contributed by atoms with E-state index in [0.717, 1.165) is 5.69 Å². The largest absolute Gasteiger partial charge is 0.495 e. The molecule has 10 heteroatoms. The van der Waals surface area contributed by atoms with E-state index in [4.69, 9.17) is 26.1 Å². The maximum absolute atomic E-state index is 12.4. The zero-order chi connectivity index (χ0) is 27.5. The van der Waals surface area contributed by atoms with Crippen molar-refractivity contribution in [3.05, 3.63) is 96.0 Å². The topological polar surface area (TPSA) is 106 Å². The van der Waals surface area contributed by atoms with Crippen molar-refractivity contribution in [3.63, 3.8) is 0 Å². The molecule has 0 radical (unpaired) electrons. The molecule has 2 aromatic heterocycles. The van der Waals surface area contributed by atoms with Crippen molar-refractivity contribution in [2.24, 2.45) is 0 Å². The summed E-state index contributed by atoms with van der Waals surface area (Å²) in [5, 5.41) is 6.66. The number of nitrogens with zero attached hydrogens (tertiary/aromatic N) is 2. The van der Waals surface area contributed by atoms with Crippen molar-refractivity contribution < 1.29 is 23.5 Å². The third kappa shape index (κ3) is 5.06. The number of esters is 1.